The molecule has 4 aliphatic rings. The number of amides is 5. The number of anilines is 3. The smallest absolute Gasteiger partial charge is 0.329 e. The van der Waals surface area contributed by atoms with E-state index in [9.17, 15) is 9.90 Å². The van der Waals surface area contributed by atoms with Crippen LogP contribution in [-0.2, 0) is 29.3 Å². The first-order chi connectivity index (χ1) is 39.0. The highest BCUT2D eigenvalue weighted by Gasteiger charge is 2.75. The van der Waals surface area contributed by atoms with Crippen LogP contribution in [0.2, 0.25) is 0 Å². The van der Waals surface area contributed by atoms with Crippen molar-refractivity contribution in [3.8, 4) is 23.3 Å². The second-order valence-electron chi connectivity index (χ2n) is 20.4. The molecule has 15 nitrogen and oxygen atoms in total. The summed E-state index contributed by atoms with van der Waals surface area (Å²) in [6.45, 7) is 5.60. The van der Waals surface area contributed by atoms with E-state index < -0.39 is 65.4 Å². The SMILES string of the molecule is COc1ccc(C#Cc2ccc3c(c2)[C@]2(C(=O)N3C(=O)N[C@@H](C)c3ccccc3)[C@H](c3ccc(OCCO)cc3)N3C(C(=O)O[C@@H](c4ccccc4)[C@H]3c3ccccc3)[C@@H]2C(=O)Nc2ccc(N3CCN(C(C)=O)CC3)cc2)cc1. The number of urea groups is 1. The van der Waals surface area contributed by atoms with Gasteiger partial charge in [0.15, 0.2) is 0 Å². The van der Waals surface area contributed by atoms with E-state index in [1.165, 1.54) is 0 Å². The average Bonchev–Trinajstić information content (AvgIpc) is 1.99. The molecule has 1 unspecified atom stereocenters. The summed E-state index contributed by atoms with van der Waals surface area (Å²) in [5.41, 5.74) is 3.68. The van der Waals surface area contributed by atoms with Crippen molar-refractivity contribution in [2.24, 2.45) is 5.92 Å². The molecule has 3 saturated heterocycles. The predicted molar refractivity (Wildman–Crippen MR) is 303 cm³/mol. The zero-order valence-electron chi connectivity index (χ0n) is 44.5. The van der Waals surface area contributed by atoms with E-state index in [4.69, 9.17) is 14.2 Å². The van der Waals surface area contributed by atoms with Gasteiger partial charge in [-0.3, -0.25) is 24.1 Å². The fraction of sp³-hybridized carbons (Fsp3) is 0.246. The fourth-order valence-corrected chi connectivity index (χ4v) is 12.0. The number of ether oxygens (including phenoxy) is 3. The summed E-state index contributed by atoms with van der Waals surface area (Å²) in [6.07, 6.45) is -0.940. The zero-order chi connectivity index (χ0) is 55.5. The third kappa shape index (κ3) is 9.88. The Bertz CT molecular complexity index is 3470. The number of benzene rings is 7. The van der Waals surface area contributed by atoms with Gasteiger partial charge in [-0.25, -0.2) is 9.69 Å². The first kappa shape index (κ1) is 52.8. The van der Waals surface area contributed by atoms with Crippen LogP contribution >= 0.6 is 0 Å². The van der Waals surface area contributed by atoms with Gasteiger partial charge in [0.2, 0.25) is 17.7 Å². The van der Waals surface area contributed by atoms with Crippen LogP contribution in [0.25, 0.3) is 0 Å². The molecule has 4 heterocycles. The van der Waals surface area contributed by atoms with E-state index in [1.807, 2.05) is 156 Å². The molecule has 15 heteroatoms. The standard InChI is InChI=1S/C65H60N6O9/c1-42(46-13-7-4-8-14-46)66-64(77)70-55-34-23-45(20-19-44-21-30-52(78-3)31-22-44)41-54(55)65(63(70)76)56(61(74)67-50-26-28-51(29-27-50)69-37-35-68(36-38-69)43(2)73)58-62(75)80-59(48-17-11-6-12-18-48)57(47-15-9-5-10-16-47)71(58)60(65)49-24-32-53(33-25-49)79-40-39-72/h4-18,21-34,41-42,56-60,72H,35-40H2,1-3H3,(H,66,77)(H,67,74)/t42-,56+,57+,58?,59-,60-,65+/m0/s1. The Morgan fingerprint density at radius 1 is 0.713 bits per heavy atom. The van der Waals surface area contributed by atoms with Gasteiger partial charge in [-0.1, -0.05) is 115 Å². The third-order valence-electron chi connectivity index (χ3n) is 15.8. The second kappa shape index (κ2) is 22.6. The van der Waals surface area contributed by atoms with Crippen molar-refractivity contribution in [3.05, 3.63) is 221 Å². The number of carbonyl (C=O) groups is 5. The summed E-state index contributed by atoms with van der Waals surface area (Å²) in [4.78, 5) is 83.6. The number of aliphatic hydroxyl groups excluding tert-OH is 1. The molecular formula is C65H60N6O9. The van der Waals surface area contributed by atoms with Crippen molar-refractivity contribution in [2.45, 2.75) is 49.5 Å². The minimum absolute atomic E-state index is 0.0244. The molecule has 11 rings (SSSR count). The maximum atomic E-state index is 17.0. The number of fused-ring (bicyclic) bond motifs is 3. The summed E-state index contributed by atoms with van der Waals surface area (Å²) < 4.78 is 18.0. The number of aliphatic hydroxyl groups is 1. The molecule has 0 radical (unpaired) electrons. The maximum Gasteiger partial charge on any atom is 0.329 e. The number of piperazine rings is 1. The van der Waals surface area contributed by atoms with Gasteiger partial charge in [-0.05, 0) is 114 Å². The lowest BCUT2D eigenvalue weighted by Gasteiger charge is -2.46. The summed E-state index contributed by atoms with van der Waals surface area (Å²) in [7, 11) is 1.59. The highest BCUT2D eigenvalue weighted by Crippen LogP contribution is 2.66. The molecule has 7 aromatic rings. The first-order valence-corrected chi connectivity index (χ1v) is 26.8. The normalized spacial score (nSPS) is 21.6. The van der Waals surface area contributed by atoms with Crippen molar-refractivity contribution in [2.75, 3.05) is 61.6 Å². The number of morpholine rings is 1. The van der Waals surface area contributed by atoms with Gasteiger partial charge in [0.25, 0.3) is 0 Å². The van der Waals surface area contributed by atoms with Gasteiger partial charge in [0.1, 0.15) is 35.7 Å². The lowest BCUT2D eigenvalue weighted by Crippen LogP contribution is -2.55. The maximum absolute atomic E-state index is 17.0. The fourth-order valence-electron chi connectivity index (χ4n) is 12.0. The minimum atomic E-state index is -2.07. The summed E-state index contributed by atoms with van der Waals surface area (Å²) in [5.74, 6) is 3.97. The summed E-state index contributed by atoms with van der Waals surface area (Å²) in [5, 5.41) is 16.0. The van der Waals surface area contributed by atoms with E-state index in [1.54, 1.807) is 56.5 Å². The van der Waals surface area contributed by atoms with Gasteiger partial charge in [0, 0.05) is 55.6 Å². The van der Waals surface area contributed by atoms with Crippen LogP contribution in [0.15, 0.2) is 182 Å². The number of esters is 1. The van der Waals surface area contributed by atoms with Gasteiger partial charge in [0.05, 0.1) is 43.4 Å². The molecular weight excluding hydrogens is 1010 g/mol. The highest BCUT2D eigenvalue weighted by atomic mass is 16.6. The van der Waals surface area contributed by atoms with Crippen LogP contribution < -0.4 is 29.9 Å². The Labute approximate surface area is 464 Å². The summed E-state index contributed by atoms with van der Waals surface area (Å²) in [6, 6.07) is 50.6. The molecule has 404 valence electrons. The number of methoxy groups -OCH3 is 1. The van der Waals surface area contributed by atoms with E-state index in [0.29, 0.717) is 71.2 Å². The van der Waals surface area contributed by atoms with Gasteiger partial charge < -0.3 is 39.8 Å². The van der Waals surface area contributed by atoms with E-state index >= 15 is 19.2 Å². The van der Waals surface area contributed by atoms with Crippen LogP contribution in [0.4, 0.5) is 21.9 Å². The topological polar surface area (TPSA) is 170 Å². The number of carbonyl (C=O) groups excluding carboxylic acids is 5. The van der Waals surface area contributed by atoms with Crippen LogP contribution in [-0.4, -0.2) is 97.2 Å². The second-order valence-corrected chi connectivity index (χ2v) is 20.4. The quantitative estimate of drug-likeness (QED) is 0.0789. The molecule has 1 spiro atoms. The predicted octanol–water partition coefficient (Wildman–Crippen LogP) is 8.91. The third-order valence-corrected chi connectivity index (χ3v) is 15.8. The molecule has 3 N–H and O–H groups in total. The molecule has 5 amide bonds. The Kier molecular flexibility index (Phi) is 14.9. The van der Waals surface area contributed by atoms with Crippen molar-refractivity contribution >= 4 is 46.8 Å². The number of hydrogen-bond donors (Lipinski definition) is 3. The van der Waals surface area contributed by atoms with Gasteiger partial charge in [-0.2, -0.15) is 0 Å². The number of cyclic esters (lactones) is 1. The Balaban J connectivity index is 1.14. The molecule has 7 aromatic carbocycles. The van der Waals surface area contributed by atoms with Crippen molar-refractivity contribution in [1.82, 2.24) is 15.1 Å². The monoisotopic (exact) mass is 1070 g/mol. The number of hydrogen-bond acceptors (Lipinski definition) is 11. The van der Waals surface area contributed by atoms with Gasteiger partial charge in [-0.15, -0.1) is 0 Å². The molecule has 4 aliphatic heterocycles. The Morgan fingerprint density at radius 2 is 1.32 bits per heavy atom. The molecule has 0 aliphatic carbocycles. The minimum Gasteiger partial charge on any atom is -0.497 e. The van der Waals surface area contributed by atoms with Crippen LogP contribution in [0.1, 0.15) is 77.0 Å². The van der Waals surface area contributed by atoms with E-state index in [-0.39, 0.29) is 24.8 Å². The lowest BCUT2D eigenvalue weighted by molar-refractivity contribution is -0.177. The van der Waals surface area contributed by atoms with Crippen LogP contribution in [0.5, 0.6) is 11.5 Å². The molecule has 0 saturated carbocycles. The molecule has 0 aromatic heterocycles. The number of nitrogens with zero attached hydrogens (tertiary/aromatic N) is 4. The van der Waals surface area contributed by atoms with E-state index in [0.717, 1.165) is 21.7 Å². The molecule has 7 atom stereocenters. The van der Waals surface area contributed by atoms with Gasteiger partial charge >= 0.3 is 12.0 Å². The largest absolute Gasteiger partial charge is 0.497 e. The number of rotatable bonds is 12. The number of imide groups is 1. The highest BCUT2D eigenvalue weighted by molar-refractivity contribution is 6.25. The summed E-state index contributed by atoms with van der Waals surface area (Å²) >= 11 is 0. The number of nitrogens with one attached hydrogen (secondary N) is 2. The first-order valence-electron chi connectivity index (χ1n) is 26.8. The van der Waals surface area contributed by atoms with E-state index in [2.05, 4.69) is 27.4 Å². The van der Waals surface area contributed by atoms with Crippen molar-refractivity contribution in [3.63, 3.8) is 0 Å². The zero-order valence-corrected chi connectivity index (χ0v) is 44.5. The molecule has 0 bridgehead atoms. The Morgan fingerprint density at radius 3 is 1.96 bits per heavy atom. The lowest BCUT2D eigenvalue weighted by atomic mass is 9.65. The van der Waals surface area contributed by atoms with Crippen LogP contribution in [0, 0.1) is 17.8 Å². The molecule has 3 fully saturated rings. The molecule has 80 heavy (non-hydrogen) atoms. The van der Waals surface area contributed by atoms with Crippen molar-refractivity contribution < 1.29 is 43.3 Å². The average molecular weight is 1070 g/mol. The van der Waals surface area contributed by atoms with Crippen LogP contribution in [0.3, 0.4) is 0 Å². The van der Waals surface area contributed by atoms with Crippen molar-refractivity contribution in [1.29, 1.82) is 0 Å². The Hall–Kier alpha value is -9.23.